The molecule has 0 spiro atoms. The van der Waals surface area contributed by atoms with Crippen molar-refractivity contribution in [1.29, 1.82) is 0 Å². The molecular weight excluding hydrogens is 326 g/mol. The third kappa shape index (κ3) is 4.63. The van der Waals surface area contributed by atoms with Gasteiger partial charge < -0.3 is 0 Å². The Bertz CT molecular complexity index is 948. The van der Waals surface area contributed by atoms with Crippen LogP contribution in [0.3, 0.4) is 0 Å². The van der Waals surface area contributed by atoms with Crippen LogP contribution in [0.2, 0.25) is 0 Å². The first-order chi connectivity index (χ1) is 12.6. The van der Waals surface area contributed by atoms with Crippen LogP contribution in [0.5, 0.6) is 0 Å². The Morgan fingerprint density at radius 3 is 2.38 bits per heavy atom. The lowest BCUT2D eigenvalue weighted by Gasteiger charge is -2.08. The highest BCUT2D eigenvalue weighted by molar-refractivity contribution is 6.00. The van der Waals surface area contributed by atoms with Crippen LogP contribution in [0.15, 0.2) is 78.9 Å². The molecule has 130 valence electrons. The highest BCUT2D eigenvalue weighted by Gasteiger charge is 2.18. The molecule has 0 bridgehead atoms. The first kappa shape index (κ1) is 17.5. The van der Waals surface area contributed by atoms with Gasteiger partial charge in [-0.15, -0.1) is 0 Å². The fraction of sp³-hybridized carbons (Fsp3) is 0.136. The van der Waals surface area contributed by atoms with E-state index in [9.17, 15) is 14.9 Å². The maximum absolute atomic E-state index is 12.6. The Labute approximate surface area is 151 Å². The molecule has 0 aliphatic heterocycles. The van der Waals surface area contributed by atoms with Crippen molar-refractivity contribution in [3.8, 4) is 0 Å². The third-order valence-corrected chi connectivity index (χ3v) is 4.26. The molecule has 0 amide bonds. The Kier molecular flexibility index (Phi) is 5.54. The van der Waals surface area contributed by atoms with Gasteiger partial charge in [0.15, 0.2) is 5.78 Å². The average molecular weight is 345 g/mol. The number of carbonyl (C=O) groups is 1. The number of nitrogens with zero attached hydrogens (tertiary/aromatic N) is 1. The third-order valence-electron chi connectivity index (χ3n) is 4.26. The maximum Gasteiger partial charge on any atom is 0.210 e. The van der Waals surface area contributed by atoms with E-state index in [1.807, 2.05) is 72.8 Å². The smallest absolute Gasteiger partial charge is 0.210 e. The topological polar surface area (TPSA) is 60.2 Å². The lowest BCUT2D eigenvalue weighted by Crippen LogP contribution is -2.16. The number of rotatable bonds is 7. The van der Waals surface area contributed by atoms with Crippen molar-refractivity contribution < 1.29 is 9.72 Å². The van der Waals surface area contributed by atoms with Crippen LogP contribution >= 0.6 is 0 Å². The standard InChI is InChI=1S/C22H19NO3/c24-22(21-13-12-19-8-4-5-9-20(19)15-21)14-18(16-23(25)26)11-10-17-6-2-1-3-7-17/h1-13,15,18H,14,16H2/b11-10+. The summed E-state index contributed by atoms with van der Waals surface area (Å²) in [6.45, 7) is -0.261. The van der Waals surface area contributed by atoms with Crippen LogP contribution in [-0.2, 0) is 0 Å². The van der Waals surface area contributed by atoms with E-state index in [1.165, 1.54) is 0 Å². The van der Waals surface area contributed by atoms with Crippen LogP contribution in [-0.4, -0.2) is 17.3 Å². The minimum absolute atomic E-state index is 0.0830. The van der Waals surface area contributed by atoms with Crippen molar-refractivity contribution in [2.45, 2.75) is 6.42 Å². The van der Waals surface area contributed by atoms with Gasteiger partial charge in [-0.3, -0.25) is 14.9 Å². The lowest BCUT2D eigenvalue weighted by molar-refractivity contribution is -0.485. The first-order valence-corrected chi connectivity index (χ1v) is 8.49. The van der Waals surface area contributed by atoms with Gasteiger partial charge in [0.25, 0.3) is 0 Å². The first-order valence-electron chi connectivity index (χ1n) is 8.49. The number of hydrogen-bond acceptors (Lipinski definition) is 3. The zero-order valence-corrected chi connectivity index (χ0v) is 14.2. The molecule has 0 N–H and O–H groups in total. The second-order valence-corrected chi connectivity index (χ2v) is 6.23. The Morgan fingerprint density at radius 2 is 1.65 bits per heavy atom. The predicted octanol–water partition coefficient (Wildman–Crippen LogP) is 5.02. The number of nitro groups is 1. The number of benzene rings is 3. The molecule has 0 aliphatic carbocycles. The van der Waals surface area contributed by atoms with Gasteiger partial charge in [0.05, 0.1) is 0 Å². The summed E-state index contributed by atoms with van der Waals surface area (Å²) in [4.78, 5) is 23.2. The normalized spacial score (nSPS) is 12.3. The summed E-state index contributed by atoms with van der Waals surface area (Å²) in [6.07, 6.45) is 3.71. The van der Waals surface area contributed by atoms with E-state index >= 15 is 0 Å². The largest absolute Gasteiger partial charge is 0.294 e. The molecule has 3 aromatic carbocycles. The molecular formula is C22H19NO3. The Hall–Kier alpha value is -3.27. The number of carbonyl (C=O) groups excluding carboxylic acids is 1. The van der Waals surface area contributed by atoms with Gasteiger partial charge in [0, 0.05) is 22.8 Å². The second-order valence-electron chi connectivity index (χ2n) is 6.23. The molecule has 1 unspecified atom stereocenters. The highest BCUT2D eigenvalue weighted by Crippen LogP contribution is 2.19. The molecule has 0 saturated heterocycles. The highest BCUT2D eigenvalue weighted by atomic mass is 16.6. The number of Topliss-reactive ketones (excluding diaryl/α,β-unsaturated/α-hetero) is 1. The quantitative estimate of drug-likeness (QED) is 0.343. The van der Waals surface area contributed by atoms with E-state index in [4.69, 9.17) is 0 Å². The molecule has 0 aromatic heterocycles. The molecule has 0 heterocycles. The average Bonchev–Trinajstić information content (AvgIpc) is 2.66. The SMILES string of the molecule is O=C(CC(/C=C/c1ccccc1)C[N+](=O)[O-])c1ccc2ccccc2c1. The van der Waals surface area contributed by atoms with Crippen molar-refractivity contribution in [2.24, 2.45) is 5.92 Å². The molecule has 0 fully saturated rings. The molecule has 0 aliphatic rings. The van der Waals surface area contributed by atoms with Crippen molar-refractivity contribution in [2.75, 3.05) is 6.54 Å². The van der Waals surface area contributed by atoms with Crippen molar-refractivity contribution in [3.05, 3.63) is 100 Å². The van der Waals surface area contributed by atoms with Crippen molar-refractivity contribution in [3.63, 3.8) is 0 Å². The van der Waals surface area contributed by atoms with Gasteiger partial charge in [-0.25, -0.2) is 0 Å². The second kappa shape index (κ2) is 8.21. The molecule has 4 nitrogen and oxygen atoms in total. The van der Waals surface area contributed by atoms with Crippen molar-refractivity contribution >= 4 is 22.6 Å². The van der Waals surface area contributed by atoms with Crippen LogP contribution in [0.1, 0.15) is 22.3 Å². The number of hydrogen-bond donors (Lipinski definition) is 0. The monoisotopic (exact) mass is 345 g/mol. The minimum Gasteiger partial charge on any atom is -0.294 e. The van der Waals surface area contributed by atoms with E-state index in [0.717, 1.165) is 16.3 Å². The number of ketones is 1. The minimum atomic E-state index is -0.441. The molecule has 3 aromatic rings. The van der Waals surface area contributed by atoms with Gasteiger partial charge >= 0.3 is 0 Å². The van der Waals surface area contributed by atoms with Gasteiger partial charge in [-0.1, -0.05) is 78.9 Å². The zero-order chi connectivity index (χ0) is 18.4. The summed E-state index contributed by atoms with van der Waals surface area (Å²) >= 11 is 0. The summed E-state index contributed by atoms with van der Waals surface area (Å²) in [5.41, 5.74) is 1.55. The molecule has 26 heavy (non-hydrogen) atoms. The van der Waals surface area contributed by atoms with Crippen LogP contribution < -0.4 is 0 Å². The van der Waals surface area contributed by atoms with Crippen LogP contribution in [0.4, 0.5) is 0 Å². The fourth-order valence-corrected chi connectivity index (χ4v) is 2.92. The van der Waals surface area contributed by atoms with E-state index in [0.29, 0.717) is 5.56 Å². The lowest BCUT2D eigenvalue weighted by atomic mass is 9.95. The van der Waals surface area contributed by atoms with E-state index in [-0.39, 0.29) is 23.7 Å². The molecule has 4 heteroatoms. The fourth-order valence-electron chi connectivity index (χ4n) is 2.92. The predicted molar refractivity (Wildman–Crippen MR) is 104 cm³/mol. The molecule has 0 saturated carbocycles. The summed E-state index contributed by atoms with van der Waals surface area (Å²) in [5, 5.41) is 13.0. The molecule has 1 atom stereocenters. The van der Waals surface area contributed by atoms with Crippen molar-refractivity contribution in [1.82, 2.24) is 0 Å². The Morgan fingerprint density at radius 1 is 0.962 bits per heavy atom. The zero-order valence-electron chi connectivity index (χ0n) is 14.2. The summed E-state index contributed by atoms with van der Waals surface area (Å²) in [5.74, 6) is -0.524. The van der Waals surface area contributed by atoms with Gasteiger partial charge in [0.1, 0.15) is 0 Å². The van der Waals surface area contributed by atoms with Gasteiger partial charge in [0.2, 0.25) is 6.54 Å². The molecule has 0 radical (unpaired) electrons. The van der Waals surface area contributed by atoms with E-state index in [2.05, 4.69) is 0 Å². The summed E-state index contributed by atoms with van der Waals surface area (Å²) in [7, 11) is 0. The van der Waals surface area contributed by atoms with Crippen LogP contribution in [0.25, 0.3) is 16.8 Å². The van der Waals surface area contributed by atoms with Gasteiger partial charge in [-0.2, -0.15) is 0 Å². The van der Waals surface area contributed by atoms with Gasteiger partial charge in [-0.05, 0) is 22.4 Å². The van der Waals surface area contributed by atoms with E-state index in [1.54, 1.807) is 12.1 Å². The van der Waals surface area contributed by atoms with E-state index < -0.39 is 5.92 Å². The number of fused-ring (bicyclic) bond motifs is 1. The Balaban J connectivity index is 1.77. The van der Waals surface area contributed by atoms with Crippen LogP contribution in [0, 0.1) is 16.0 Å². The summed E-state index contributed by atoms with van der Waals surface area (Å²) in [6, 6.07) is 22.9. The maximum atomic E-state index is 12.6. The summed E-state index contributed by atoms with van der Waals surface area (Å²) < 4.78 is 0. The molecule has 3 rings (SSSR count).